The number of alkyl halides is 6. The lowest BCUT2D eigenvalue weighted by molar-refractivity contribution is -0.217. The first kappa shape index (κ1) is 30.8. The summed E-state index contributed by atoms with van der Waals surface area (Å²) in [5, 5.41) is 4.54. The highest BCUT2D eigenvalue weighted by molar-refractivity contribution is 5.76. The number of aromatic nitrogens is 3. The van der Waals surface area contributed by atoms with Crippen molar-refractivity contribution in [1.82, 2.24) is 19.7 Å². The second-order valence-electron chi connectivity index (χ2n) is 10.8. The highest BCUT2D eigenvalue weighted by Gasteiger charge is 2.48. The van der Waals surface area contributed by atoms with Gasteiger partial charge in [0.1, 0.15) is 18.4 Å². The average Bonchev–Trinajstić information content (AvgIpc) is 3.66. The van der Waals surface area contributed by atoms with Crippen LogP contribution in [0.2, 0.25) is 0 Å². The first-order valence-corrected chi connectivity index (χ1v) is 13.8. The summed E-state index contributed by atoms with van der Waals surface area (Å²) in [7, 11) is 0. The molecule has 0 N–H and O–H groups in total. The maximum absolute atomic E-state index is 13.5. The summed E-state index contributed by atoms with van der Waals surface area (Å²) in [6, 6.07) is 10.4. The van der Waals surface area contributed by atoms with E-state index < -0.39 is 41.4 Å². The number of amides is 1. The van der Waals surface area contributed by atoms with Crippen LogP contribution in [0.3, 0.4) is 0 Å². The molecule has 2 aromatic carbocycles. The van der Waals surface area contributed by atoms with Crippen molar-refractivity contribution in [3.05, 3.63) is 77.1 Å². The number of nitrogens with zero attached hydrogens (tertiary/aromatic N) is 5. The Balaban J connectivity index is 1.46. The van der Waals surface area contributed by atoms with Crippen molar-refractivity contribution in [1.29, 1.82) is 0 Å². The van der Waals surface area contributed by atoms with Gasteiger partial charge in [-0.1, -0.05) is 30.3 Å². The monoisotopic (exact) mass is 611 g/mol. The van der Waals surface area contributed by atoms with Crippen molar-refractivity contribution in [3.63, 3.8) is 0 Å². The third-order valence-corrected chi connectivity index (χ3v) is 7.89. The lowest BCUT2D eigenvalue weighted by Gasteiger charge is -2.49. The summed E-state index contributed by atoms with van der Waals surface area (Å²) in [5.74, 6) is 0.194. The van der Waals surface area contributed by atoms with Crippen LogP contribution >= 0.6 is 0 Å². The van der Waals surface area contributed by atoms with Gasteiger partial charge in [0, 0.05) is 19.6 Å². The van der Waals surface area contributed by atoms with Crippen LogP contribution in [0.1, 0.15) is 55.0 Å². The van der Waals surface area contributed by atoms with Crippen LogP contribution in [-0.4, -0.2) is 58.1 Å². The Morgan fingerprint density at radius 2 is 1.65 bits per heavy atom. The van der Waals surface area contributed by atoms with Crippen molar-refractivity contribution in [3.8, 4) is 0 Å². The number of hydrogen-bond acceptors (Lipinski definition) is 6. The lowest BCUT2D eigenvalue weighted by atomic mass is 9.88. The maximum Gasteiger partial charge on any atom is 0.416 e. The van der Waals surface area contributed by atoms with E-state index in [2.05, 4.69) is 10.1 Å². The van der Waals surface area contributed by atoms with Gasteiger partial charge in [0.2, 0.25) is 11.9 Å². The zero-order chi connectivity index (χ0) is 31.0. The van der Waals surface area contributed by atoms with E-state index >= 15 is 0 Å². The van der Waals surface area contributed by atoms with E-state index in [9.17, 15) is 31.1 Å². The van der Waals surface area contributed by atoms with Crippen molar-refractivity contribution in [2.75, 3.05) is 31.1 Å². The summed E-state index contributed by atoms with van der Waals surface area (Å²) >= 11 is 0. The molecule has 2 aliphatic rings. The lowest BCUT2D eigenvalue weighted by Crippen LogP contribution is -2.60. The molecule has 2 aliphatic heterocycles. The fraction of sp³-hybridized carbons (Fsp3) is 0.483. The van der Waals surface area contributed by atoms with E-state index in [0.717, 1.165) is 12.8 Å². The van der Waals surface area contributed by atoms with Crippen molar-refractivity contribution < 1.29 is 40.6 Å². The van der Waals surface area contributed by atoms with E-state index in [0.29, 0.717) is 37.3 Å². The van der Waals surface area contributed by atoms with Gasteiger partial charge >= 0.3 is 12.4 Å². The third kappa shape index (κ3) is 6.49. The highest BCUT2D eigenvalue weighted by Crippen LogP contribution is 2.42. The largest absolute Gasteiger partial charge is 0.416 e. The van der Waals surface area contributed by atoms with E-state index in [1.165, 1.54) is 17.9 Å². The molecule has 14 heteroatoms. The summed E-state index contributed by atoms with van der Waals surface area (Å²) in [4.78, 5) is 20.7. The molecular formula is C29H31F6N5O3. The van der Waals surface area contributed by atoms with Gasteiger partial charge in [-0.05, 0) is 56.0 Å². The smallest absolute Gasteiger partial charge is 0.348 e. The Hall–Kier alpha value is -3.65. The first-order valence-electron chi connectivity index (χ1n) is 13.8. The number of ether oxygens (including phenoxy) is 2. The Bertz CT molecular complexity index is 1390. The topological polar surface area (TPSA) is 72.7 Å². The van der Waals surface area contributed by atoms with Crippen LogP contribution in [-0.2, 0) is 38.7 Å². The minimum absolute atomic E-state index is 0.00738. The molecular weight excluding hydrogens is 580 g/mol. The molecule has 43 heavy (non-hydrogen) atoms. The van der Waals surface area contributed by atoms with E-state index in [4.69, 9.17) is 9.47 Å². The maximum atomic E-state index is 13.5. The van der Waals surface area contributed by atoms with Crippen LogP contribution in [0.15, 0.2) is 54.9 Å². The Morgan fingerprint density at radius 1 is 1.02 bits per heavy atom. The fourth-order valence-corrected chi connectivity index (χ4v) is 5.49. The number of halogens is 6. The zero-order valence-electron chi connectivity index (χ0n) is 23.5. The van der Waals surface area contributed by atoms with Gasteiger partial charge in [-0.15, -0.1) is 5.10 Å². The van der Waals surface area contributed by atoms with Gasteiger partial charge in [0.25, 0.3) is 0 Å². The number of likely N-dealkylation sites (tertiary alicyclic amines) is 1. The molecule has 0 aliphatic carbocycles. The quantitative estimate of drug-likeness (QED) is 0.315. The molecule has 3 atom stereocenters. The molecule has 232 valence electrons. The van der Waals surface area contributed by atoms with Crippen LogP contribution in [0.4, 0.5) is 32.3 Å². The molecule has 1 amide bonds. The van der Waals surface area contributed by atoms with Gasteiger partial charge in [-0.3, -0.25) is 4.79 Å². The third-order valence-electron chi connectivity index (χ3n) is 7.89. The molecule has 0 unspecified atom stereocenters. The molecule has 8 nitrogen and oxygen atoms in total. The molecule has 0 bridgehead atoms. The van der Waals surface area contributed by atoms with Gasteiger partial charge in [0.15, 0.2) is 6.29 Å². The second kappa shape index (κ2) is 11.8. The minimum atomic E-state index is -4.99. The molecule has 3 aromatic rings. The Labute approximate surface area is 244 Å². The minimum Gasteiger partial charge on any atom is -0.348 e. The number of hydrogen-bond donors (Lipinski definition) is 0. The number of anilines is 1. The van der Waals surface area contributed by atoms with Crippen LogP contribution < -0.4 is 4.90 Å². The standard InChI is InChI=1S/C29H31F6N5O3/c1-19(20-14-22(28(30,31)32)16-23(15-20)29(33,34)35)43-25-27(2,21-8-4-3-5-9-21)40(12-13-42-25)26-36-18-39(37-26)17-24(41)38-10-6-7-11-38/h3-5,8-9,14-16,18-19,25H,6-7,10-13,17H2,1-2H3/t19-,25-,27+/m1/s1. The Kier molecular flexibility index (Phi) is 8.45. The first-order chi connectivity index (χ1) is 20.3. The highest BCUT2D eigenvalue weighted by atomic mass is 19.4. The van der Waals surface area contributed by atoms with Gasteiger partial charge < -0.3 is 19.3 Å². The van der Waals surface area contributed by atoms with Gasteiger partial charge in [-0.25, -0.2) is 9.67 Å². The molecule has 2 saturated heterocycles. The number of carbonyl (C=O) groups is 1. The summed E-state index contributed by atoms with van der Waals surface area (Å²) in [6.45, 7) is 4.96. The molecule has 5 rings (SSSR count). The number of rotatable bonds is 7. The number of carbonyl (C=O) groups excluding carboxylic acids is 1. The van der Waals surface area contributed by atoms with E-state index in [1.807, 2.05) is 17.0 Å². The molecule has 3 heterocycles. The second-order valence-corrected chi connectivity index (χ2v) is 10.8. The molecule has 1 aromatic heterocycles. The molecule has 0 radical (unpaired) electrons. The molecule has 0 spiro atoms. The number of morpholine rings is 1. The fourth-order valence-electron chi connectivity index (χ4n) is 5.49. The normalized spacial score (nSPS) is 22.2. The zero-order valence-corrected chi connectivity index (χ0v) is 23.5. The van der Waals surface area contributed by atoms with Crippen molar-refractivity contribution in [2.24, 2.45) is 0 Å². The van der Waals surface area contributed by atoms with Crippen molar-refractivity contribution >= 4 is 11.9 Å². The van der Waals surface area contributed by atoms with E-state index in [-0.39, 0.29) is 36.6 Å². The predicted molar refractivity (Wildman–Crippen MR) is 143 cm³/mol. The SMILES string of the molecule is C[C@@H](O[C@H]1OCCN(c2ncn(CC(=O)N3CCCC3)n2)[C@@]1(C)c1ccccc1)c1cc(C(F)(F)F)cc(C(F)(F)F)c1. The predicted octanol–water partition coefficient (Wildman–Crippen LogP) is 5.79. The molecule has 2 fully saturated rings. The van der Waals surface area contributed by atoms with Crippen LogP contribution in [0.25, 0.3) is 0 Å². The van der Waals surface area contributed by atoms with E-state index in [1.54, 1.807) is 30.0 Å². The summed E-state index contributed by atoms with van der Waals surface area (Å²) in [6.07, 6.45) is -9.00. The summed E-state index contributed by atoms with van der Waals surface area (Å²) in [5.41, 5.74) is -3.63. The van der Waals surface area contributed by atoms with Gasteiger partial charge in [0.05, 0.1) is 23.8 Å². The van der Waals surface area contributed by atoms with Crippen LogP contribution in [0, 0.1) is 0 Å². The summed E-state index contributed by atoms with van der Waals surface area (Å²) < 4.78 is 94.8. The van der Waals surface area contributed by atoms with Gasteiger partial charge in [-0.2, -0.15) is 26.3 Å². The number of benzene rings is 2. The van der Waals surface area contributed by atoms with Crippen molar-refractivity contribution in [2.45, 2.75) is 63.5 Å². The Morgan fingerprint density at radius 3 is 2.26 bits per heavy atom. The average molecular weight is 612 g/mol. The van der Waals surface area contributed by atoms with Crippen LogP contribution in [0.5, 0.6) is 0 Å². The molecule has 0 saturated carbocycles.